The Morgan fingerprint density at radius 1 is 0.810 bits per heavy atom. The van der Waals surface area contributed by atoms with Gasteiger partial charge in [0, 0.05) is 37.3 Å². The minimum atomic E-state index is 1.05. The zero-order valence-corrected chi connectivity index (χ0v) is 12.0. The first-order valence-corrected chi connectivity index (χ1v) is 7.55. The van der Waals surface area contributed by atoms with Crippen molar-refractivity contribution in [1.82, 2.24) is 9.88 Å². The largest absolute Gasteiger partial charge is 0.355 e. The molecule has 3 aromatic rings. The van der Waals surface area contributed by atoms with Crippen LogP contribution < -0.4 is 10.2 Å². The molecule has 4 rings (SSSR count). The molecule has 1 saturated heterocycles. The van der Waals surface area contributed by atoms with Gasteiger partial charge in [0.15, 0.2) is 0 Å². The van der Waals surface area contributed by atoms with Gasteiger partial charge in [0.1, 0.15) is 5.82 Å². The van der Waals surface area contributed by atoms with Gasteiger partial charge in [-0.2, -0.15) is 0 Å². The lowest BCUT2D eigenvalue weighted by Gasteiger charge is -2.30. The Morgan fingerprint density at radius 2 is 1.52 bits per heavy atom. The van der Waals surface area contributed by atoms with E-state index >= 15 is 0 Å². The SMILES string of the molecule is c1ccc(-n2c(N3CCNCC3)cc3ccccc32)cc1. The summed E-state index contributed by atoms with van der Waals surface area (Å²) in [6, 6.07) is 21.6. The lowest BCUT2D eigenvalue weighted by molar-refractivity contribution is 0.583. The van der Waals surface area contributed by atoms with Crippen LogP contribution >= 0.6 is 0 Å². The average molecular weight is 277 g/mol. The molecule has 2 aromatic carbocycles. The molecule has 1 aliphatic rings. The van der Waals surface area contributed by atoms with E-state index in [0.717, 1.165) is 26.2 Å². The van der Waals surface area contributed by atoms with Crippen molar-refractivity contribution in [2.75, 3.05) is 31.1 Å². The Morgan fingerprint density at radius 3 is 2.33 bits per heavy atom. The van der Waals surface area contributed by atoms with E-state index in [4.69, 9.17) is 0 Å². The lowest BCUT2D eigenvalue weighted by Crippen LogP contribution is -2.44. The van der Waals surface area contributed by atoms with E-state index < -0.39 is 0 Å². The zero-order valence-electron chi connectivity index (χ0n) is 12.0. The molecule has 0 unspecified atom stereocenters. The lowest BCUT2D eigenvalue weighted by atomic mass is 10.2. The highest BCUT2D eigenvalue weighted by atomic mass is 15.3. The number of fused-ring (bicyclic) bond motifs is 1. The second-order valence-electron chi connectivity index (χ2n) is 5.47. The van der Waals surface area contributed by atoms with E-state index in [1.165, 1.54) is 22.4 Å². The quantitative estimate of drug-likeness (QED) is 0.777. The van der Waals surface area contributed by atoms with Crippen LogP contribution in [-0.2, 0) is 0 Å². The van der Waals surface area contributed by atoms with Crippen molar-refractivity contribution in [3.05, 3.63) is 60.7 Å². The van der Waals surface area contributed by atoms with Gasteiger partial charge in [-0.25, -0.2) is 0 Å². The number of rotatable bonds is 2. The van der Waals surface area contributed by atoms with Crippen LogP contribution in [0.5, 0.6) is 0 Å². The average Bonchev–Trinajstić information content (AvgIpc) is 2.96. The van der Waals surface area contributed by atoms with Crippen LogP contribution in [0.4, 0.5) is 5.82 Å². The normalized spacial score (nSPS) is 15.5. The molecule has 1 aliphatic heterocycles. The summed E-state index contributed by atoms with van der Waals surface area (Å²) in [5, 5.41) is 4.73. The van der Waals surface area contributed by atoms with Gasteiger partial charge in [0.2, 0.25) is 0 Å². The fourth-order valence-corrected chi connectivity index (χ4v) is 3.12. The summed E-state index contributed by atoms with van der Waals surface area (Å²) in [6.45, 7) is 4.22. The maximum absolute atomic E-state index is 3.43. The number of benzene rings is 2. The molecular weight excluding hydrogens is 258 g/mol. The van der Waals surface area contributed by atoms with Crippen LogP contribution in [0.25, 0.3) is 16.6 Å². The van der Waals surface area contributed by atoms with Crippen molar-refractivity contribution in [2.45, 2.75) is 0 Å². The van der Waals surface area contributed by atoms with Crippen LogP contribution in [0.1, 0.15) is 0 Å². The minimum absolute atomic E-state index is 1.05. The van der Waals surface area contributed by atoms with Crippen molar-refractivity contribution >= 4 is 16.7 Å². The van der Waals surface area contributed by atoms with Crippen molar-refractivity contribution in [3.63, 3.8) is 0 Å². The van der Waals surface area contributed by atoms with Gasteiger partial charge in [0.25, 0.3) is 0 Å². The fourth-order valence-electron chi connectivity index (χ4n) is 3.12. The molecule has 3 heteroatoms. The second kappa shape index (κ2) is 5.26. The molecule has 3 nitrogen and oxygen atoms in total. The predicted molar refractivity (Wildman–Crippen MR) is 88.4 cm³/mol. The number of hydrogen-bond donors (Lipinski definition) is 1. The number of nitrogens with one attached hydrogen (secondary N) is 1. The first kappa shape index (κ1) is 12.5. The summed E-state index contributed by atoms with van der Waals surface area (Å²) < 4.78 is 2.38. The van der Waals surface area contributed by atoms with Crippen molar-refractivity contribution in [3.8, 4) is 5.69 Å². The molecule has 106 valence electrons. The number of para-hydroxylation sites is 2. The third-order valence-electron chi connectivity index (χ3n) is 4.15. The summed E-state index contributed by atoms with van der Waals surface area (Å²) in [4.78, 5) is 2.48. The van der Waals surface area contributed by atoms with Crippen LogP contribution in [0.3, 0.4) is 0 Å². The first-order valence-electron chi connectivity index (χ1n) is 7.55. The van der Waals surface area contributed by atoms with Gasteiger partial charge in [-0.15, -0.1) is 0 Å². The predicted octanol–water partition coefficient (Wildman–Crippen LogP) is 3.04. The van der Waals surface area contributed by atoms with Gasteiger partial charge in [-0.3, -0.25) is 4.57 Å². The summed E-state index contributed by atoms with van der Waals surface area (Å²) in [5.74, 6) is 1.30. The molecule has 1 N–H and O–H groups in total. The molecule has 21 heavy (non-hydrogen) atoms. The Kier molecular flexibility index (Phi) is 3.13. The zero-order chi connectivity index (χ0) is 14.1. The highest BCUT2D eigenvalue weighted by Crippen LogP contribution is 2.30. The van der Waals surface area contributed by atoms with Crippen molar-refractivity contribution in [1.29, 1.82) is 0 Å². The van der Waals surface area contributed by atoms with Crippen molar-refractivity contribution < 1.29 is 0 Å². The molecule has 0 amide bonds. The van der Waals surface area contributed by atoms with E-state index in [1.807, 2.05) is 0 Å². The summed E-state index contributed by atoms with van der Waals surface area (Å²) in [5.41, 5.74) is 2.50. The highest BCUT2D eigenvalue weighted by molar-refractivity contribution is 5.87. The smallest absolute Gasteiger partial charge is 0.114 e. The van der Waals surface area contributed by atoms with E-state index in [9.17, 15) is 0 Å². The van der Waals surface area contributed by atoms with E-state index in [2.05, 4.69) is 75.4 Å². The maximum atomic E-state index is 3.43. The van der Waals surface area contributed by atoms with Crippen molar-refractivity contribution in [2.24, 2.45) is 0 Å². The molecular formula is C18H19N3. The van der Waals surface area contributed by atoms with Crippen LogP contribution in [0.2, 0.25) is 0 Å². The molecule has 0 spiro atoms. The van der Waals surface area contributed by atoms with E-state index in [-0.39, 0.29) is 0 Å². The number of nitrogens with zero attached hydrogens (tertiary/aromatic N) is 2. The Bertz CT molecular complexity index is 740. The molecule has 1 aromatic heterocycles. The molecule has 2 heterocycles. The molecule has 0 bridgehead atoms. The standard InChI is InChI=1S/C18H19N3/c1-2-7-16(8-3-1)21-17-9-5-4-6-15(17)14-18(21)20-12-10-19-11-13-20/h1-9,14,19H,10-13H2. The highest BCUT2D eigenvalue weighted by Gasteiger charge is 2.17. The van der Waals surface area contributed by atoms with Gasteiger partial charge < -0.3 is 10.2 Å². The van der Waals surface area contributed by atoms with Gasteiger partial charge >= 0.3 is 0 Å². The molecule has 0 saturated carbocycles. The van der Waals surface area contributed by atoms with E-state index in [1.54, 1.807) is 0 Å². The van der Waals surface area contributed by atoms with Crippen LogP contribution in [-0.4, -0.2) is 30.7 Å². The second-order valence-corrected chi connectivity index (χ2v) is 5.47. The van der Waals surface area contributed by atoms with Gasteiger partial charge in [0.05, 0.1) is 5.52 Å². The third-order valence-corrected chi connectivity index (χ3v) is 4.15. The molecule has 0 aliphatic carbocycles. The Labute approximate surface area is 124 Å². The molecule has 0 atom stereocenters. The monoisotopic (exact) mass is 277 g/mol. The van der Waals surface area contributed by atoms with Gasteiger partial charge in [-0.05, 0) is 24.3 Å². The maximum Gasteiger partial charge on any atom is 0.114 e. The van der Waals surface area contributed by atoms with Crippen LogP contribution in [0.15, 0.2) is 60.7 Å². The first-order chi connectivity index (χ1) is 10.4. The Balaban J connectivity index is 1.92. The van der Waals surface area contributed by atoms with E-state index in [0.29, 0.717) is 0 Å². The number of hydrogen-bond acceptors (Lipinski definition) is 2. The fraction of sp³-hybridized carbons (Fsp3) is 0.222. The number of aromatic nitrogens is 1. The third kappa shape index (κ3) is 2.20. The Hall–Kier alpha value is -2.26. The molecule has 1 fully saturated rings. The van der Waals surface area contributed by atoms with Gasteiger partial charge in [-0.1, -0.05) is 36.4 Å². The summed E-state index contributed by atoms with van der Waals surface area (Å²) in [7, 11) is 0. The minimum Gasteiger partial charge on any atom is -0.355 e. The van der Waals surface area contributed by atoms with Crippen LogP contribution in [0, 0.1) is 0 Å². The topological polar surface area (TPSA) is 20.2 Å². The number of piperazine rings is 1. The summed E-state index contributed by atoms with van der Waals surface area (Å²) in [6.07, 6.45) is 0. The number of anilines is 1. The summed E-state index contributed by atoms with van der Waals surface area (Å²) >= 11 is 0. The molecule has 0 radical (unpaired) electrons.